The summed E-state index contributed by atoms with van der Waals surface area (Å²) in [6.45, 7) is 3.52. The molecule has 1 aromatic heterocycles. The number of halogens is 2. The molecule has 1 aliphatic rings. The fourth-order valence-corrected chi connectivity index (χ4v) is 3.83. The number of aliphatic hydroxyl groups is 1. The zero-order valence-corrected chi connectivity index (χ0v) is 18.3. The lowest BCUT2D eigenvalue weighted by molar-refractivity contribution is -0.685. The van der Waals surface area contributed by atoms with Crippen LogP contribution in [0, 0.1) is 0 Å². The van der Waals surface area contributed by atoms with Gasteiger partial charge in [-0.3, -0.25) is 0 Å². The Bertz CT molecular complexity index is 713. The van der Waals surface area contributed by atoms with Crippen molar-refractivity contribution in [1.29, 1.82) is 0 Å². The van der Waals surface area contributed by atoms with Gasteiger partial charge in [-0.15, -0.1) is 0 Å². The highest BCUT2D eigenvalue weighted by atomic mass is 79.9. The summed E-state index contributed by atoms with van der Waals surface area (Å²) in [7, 11) is 0. The van der Waals surface area contributed by atoms with Crippen molar-refractivity contribution in [2.75, 3.05) is 11.4 Å². The van der Waals surface area contributed by atoms with E-state index in [0.29, 0.717) is 11.6 Å². The minimum atomic E-state index is -1.08. The molecule has 0 radical (unpaired) electrons. The summed E-state index contributed by atoms with van der Waals surface area (Å²) in [5.41, 5.74) is -0.218. The van der Waals surface area contributed by atoms with Crippen LogP contribution >= 0.6 is 11.6 Å². The van der Waals surface area contributed by atoms with Crippen LogP contribution in [0.25, 0.3) is 0 Å². The highest BCUT2D eigenvalue weighted by Gasteiger charge is 2.51. The molecule has 1 aliphatic heterocycles. The SMILES string of the molecule is CCCCCCCCCN1c2nccc[n+]2CC1(O)c1ccc(Cl)cc1.[Br-]. The fraction of sp³-hybridized carbons (Fsp3) is 0.524. The Morgan fingerprint density at radius 3 is 2.48 bits per heavy atom. The van der Waals surface area contributed by atoms with E-state index < -0.39 is 5.72 Å². The second-order valence-electron chi connectivity index (χ2n) is 7.14. The van der Waals surface area contributed by atoms with Crippen molar-refractivity contribution in [1.82, 2.24) is 4.98 Å². The molecule has 148 valence electrons. The molecular weight excluding hydrogens is 426 g/mol. The molecule has 27 heavy (non-hydrogen) atoms. The van der Waals surface area contributed by atoms with Crippen LogP contribution in [0.1, 0.15) is 57.4 Å². The third-order valence-electron chi connectivity index (χ3n) is 5.17. The van der Waals surface area contributed by atoms with Crippen LogP contribution < -0.4 is 26.4 Å². The van der Waals surface area contributed by atoms with E-state index in [-0.39, 0.29) is 17.0 Å². The largest absolute Gasteiger partial charge is 1.00 e. The Balaban J connectivity index is 0.00000261. The highest BCUT2D eigenvalue weighted by molar-refractivity contribution is 6.30. The molecule has 4 nitrogen and oxygen atoms in total. The first-order chi connectivity index (χ1) is 12.6. The summed E-state index contributed by atoms with van der Waals surface area (Å²) < 4.78 is 2.02. The van der Waals surface area contributed by atoms with Gasteiger partial charge in [-0.1, -0.05) is 74.2 Å². The Hall–Kier alpha value is -1.17. The van der Waals surface area contributed by atoms with Gasteiger partial charge in [0, 0.05) is 16.7 Å². The van der Waals surface area contributed by atoms with Crippen LogP contribution in [-0.2, 0) is 12.3 Å². The summed E-state index contributed by atoms with van der Waals surface area (Å²) >= 11 is 6.03. The van der Waals surface area contributed by atoms with E-state index >= 15 is 0 Å². The van der Waals surface area contributed by atoms with Gasteiger partial charge in [-0.05, 0) is 18.6 Å². The lowest BCUT2D eigenvalue weighted by atomic mass is 10.0. The Morgan fingerprint density at radius 2 is 1.78 bits per heavy atom. The van der Waals surface area contributed by atoms with Gasteiger partial charge < -0.3 is 22.1 Å². The summed E-state index contributed by atoms with van der Waals surface area (Å²) in [4.78, 5) is 6.57. The molecule has 1 aromatic carbocycles. The van der Waals surface area contributed by atoms with Crippen molar-refractivity contribution in [2.45, 2.75) is 64.1 Å². The fourth-order valence-electron chi connectivity index (χ4n) is 3.71. The Labute approximate surface area is 178 Å². The van der Waals surface area contributed by atoms with Crippen molar-refractivity contribution in [3.63, 3.8) is 0 Å². The average Bonchev–Trinajstić information content (AvgIpc) is 2.94. The van der Waals surface area contributed by atoms with Gasteiger partial charge in [-0.25, -0.2) is 9.47 Å². The van der Waals surface area contributed by atoms with Gasteiger partial charge in [0.2, 0.25) is 5.72 Å². The van der Waals surface area contributed by atoms with Gasteiger partial charge in [0.25, 0.3) is 0 Å². The minimum absolute atomic E-state index is 0. The molecule has 2 heterocycles. The molecule has 1 unspecified atom stereocenters. The number of aromatic nitrogens is 2. The maximum absolute atomic E-state index is 11.5. The molecule has 0 amide bonds. The molecule has 1 atom stereocenters. The summed E-state index contributed by atoms with van der Waals surface area (Å²) in [5, 5.41) is 12.2. The first kappa shape index (κ1) is 22.1. The summed E-state index contributed by atoms with van der Waals surface area (Å²) in [6.07, 6.45) is 12.5. The van der Waals surface area contributed by atoms with Crippen molar-refractivity contribution >= 4 is 17.5 Å². The molecule has 0 fully saturated rings. The molecule has 0 bridgehead atoms. The lowest BCUT2D eigenvalue weighted by Gasteiger charge is -2.28. The first-order valence-electron chi connectivity index (χ1n) is 9.75. The van der Waals surface area contributed by atoms with Crippen LogP contribution in [0.3, 0.4) is 0 Å². The lowest BCUT2D eigenvalue weighted by Crippen LogP contribution is -3.00. The van der Waals surface area contributed by atoms with E-state index in [0.717, 1.165) is 24.5 Å². The number of rotatable bonds is 9. The van der Waals surface area contributed by atoms with Gasteiger partial charge in [0.1, 0.15) is 12.7 Å². The van der Waals surface area contributed by atoms with Gasteiger partial charge in [-0.2, -0.15) is 0 Å². The molecule has 0 spiro atoms. The molecule has 0 aliphatic carbocycles. The molecule has 0 saturated carbocycles. The minimum Gasteiger partial charge on any atom is -1.00 e. The Kier molecular flexibility index (Phi) is 8.52. The van der Waals surface area contributed by atoms with Crippen molar-refractivity contribution in [3.8, 4) is 0 Å². The van der Waals surface area contributed by atoms with Crippen molar-refractivity contribution in [2.24, 2.45) is 0 Å². The van der Waals surface area contributed by atoms with Crippen LogP contribution in [0.15, 0.2) is 42.7 Å². The zero-order valence-electron chi connectivity index (χ0n) is 16.0. The van der Waals surface area contributed by atoms with Crippen LogP contribution in [0.2, 0.25) is 5.02 Å². The highest BCUT2D eigenvalue weighted by Crippen LogP contribution is 2.34. The second-order valence-corrected chi connectivity index (χ2v) is 7.58. The quantitative estimate of drug-likeness (QED) is 0.460. The summed E-state index contributed by atoms with van der Waals surface area (Å²) in [5.74, 6) is 0.830. The van der Waals surface area contributed by atoms with E-state index in [9.17, 15) is 5.11 Å². The van der Waals surface area contributed by atoms with E-state index in [2.05, 4.69) is 11.9 Å². The zero-order chi connectivity index (χ0) is 18.4. The van der Waals surface area contributed by atoms with Crippen LogP contribution in [-0.4, -0.2) is 16.6 Å². The second kappa shape index (κ2) is 10.4. The molecule has 6 heteroatoms. The van der Waals surface area contributed by atoms with Gasteiger partial charge in [0.05, 0.1) is 12.7 Å². The Morgan fingerprint density at radius 1 is 1.11 bits per heavy atom. The number of anilines is 1. The molecule has 2 aromatic rings. The number of hydrogen-bond acceptors (Lipinski definition) is 3. The van der Waals surface area contributed by atoms with Gasteiger partial charge in [0.15, 0.2) is 0 Å². The molecular formula is C21H29BrClN3O. The van der Waals surface area contributed by atoms with Gasteiger partial charge >= 0.3 is 5.95 Å². The maximum Gasteiger partial charge on any atom is 0.396 e. The standard InChI is InChI=1S/C21H29ClN3O.BrH/c1-2-3-4-5-6-7-8-16-25-20-23-14-9-15-24(20)17-21(25,26)18-10-12-19(22)13-11-18;/h9-15,26H,2-8,16-17H2,1H3;1H/q+1;/p-1. The molecule has 0 saturated heterocycles. The molecule has 3 rings (SSSR count). The van der Waals surface area contributed by atoms with E-state index in [1.54, 1.807) is 6.20 Å². The number of unbranched alkanes of at least 4 members (excludes halogenated alkanes) is 6. The number of benzene rings is 1. The monoisotopic (exact) mass is 453 g/mol. The number of fused-ring (bicyclic) bond motifs is 1. The maximum atomic E-state index is 11.5. The van der Waals surface area contributed by atoms with Crippen LogP contribution in [0.5, 0.6) is 0 Å². The number of nitrogens with zero attached hydrogens (tertiary/aromatic N) is 3. The predicted molar refractivity (Wildman–Crippen MR) is 105 cm³/mol. The van der Waals surface area contributed by atoms with E-state index in [4.69, 9.17) is 11.6 Å². The molecule has 1 N–H and O–H groups in total. The summed E-state index contributed by atoms with van der Waals surface area (Å²) in [6, 6.07) is 9.39. The number of hydrogen-bond donors (Lipinski definition) is 1. The van der Waals surface area contributed by atoms with Crippen LogP contribution in [0.4, 0.5) is 5.95 Å². The predicted octanol–water partition coefficient (Wildman–Crippen LogP) is 1.44. The van der Waals surface area contributed by atoms with E-state index in [1.807, 2.05) is 46.0 Å². The van der Waals surface area contributed by atoms with Crippen molar-refractivity contribution < 1.29 is 26.7 Å². The third kappa shape index (κ3) is 5.21. The third-order valence-corrected chi connectivity index (χ3v) is 5.42. The average molecular weight is 455 g/mol. The first-order valence-corrected chi connectivity index (χ1v) is 10.1. The normalized spacial score (nSPS) is 18.3. The van der Waals surface area contributed by atoms with E-state index in [1.165, 1.54) is 38.5 Å². The topological polar surface area (TPSA) is 40.2 Å². The van der Waals surface area contributed by atoms with Crippen molar-refractivity contribution in [3.05, 3.63) is 53.3 Å². The smallest absolute Gasteiger partial charge is 0.396 e.